The molecular weight excluding hydrogens is 328 g/mol. The van der Waals surface area contributed by atoms with Gasteiger partial charge in [-0.15, -0.1) is 0 Å². The molecule has 2 aromatic carbocycles. The fourth-order valence-electron chi connectivity index (χ4n) is 2.88. The summed E-state index contributed by atoms with van der Waals surface area (Å²) in [4.78, 5) is 28.5. The van der Waals surface area contributed by atoms with Crippen molar-refractivity contribution >= 4 is 5.91 Å². The average Bonchev–Trinajstić information content (AvgIpc) is 2.98. The molecule has 3 aromatic rings. The Labute approximate surface area is 152 Å². The van der Waals surface area contributed by atoms with Gasteiger partial charge in [-0.3, -0.25) is 4.79 Å². The molecule has 1 heterocycles. The lowest BCUT2D eigenvalue weighted by molar-refractivity contribution is -0.122. The van der Waals surface area contributed by atoms with E-state index in [2.05, 4.69) is 10.3 Å². The van der Waals surface area contributed by atoms with Gasteiger partial charge in [0, 0.05) is 0 Å². The van der Waals surface area contributed by atoms with Gasteiger partial charge in [-0.2, -0.15) is 4.98 Å². The molecule has 0 bridgehead atoms. The second-order valence-electron chi connectivity index (χ2n) is 6.42. The second kappa shape index (κ2) is 7.39. The van der Waals surface area contributed by atoms with Crippen LogP contribution in [0.25, 0.3) is 5.69 Å². The Morgan fingerprint density at radius 1 is 1.15 bits per heavy atom. The van der Waals surface area contributed by atoms with Crippen LogP contribution in [0.4, 0.5) is 0 Å². The zero-order valence-electron chi connectivity index (χ0n) is 15.1. The summed E-state index contributed by atoms with van der Waals surface area (Å²) in [6.07, 6.45) is 1.46. The summed E-state index contributed by atoms with van der Waals surface area (Å²) < 4.78 is 2.98. The number of carbonyl (C=O) groups is 1. The molecule has 0 fully saturated rings. The van der Waals surface area contributed by atoms with Gasteiger partial charge in [-0.1, -0.05) is 42.5 Å². The lowest BCUT2D eigenvalue weighted by Gasteiger charge is -2.16. The van der Waals surface area contributed by atoms with Crippen LogP contribution in [0.1, 0.15) is 29.7 Å². The number of benzene rings is 2. The van der Waals surface area contributed by atoms with E-state index in [-0.39, 0.29) is 18.5 Å². The third-order valence-corrected chi connectivity index (χ3v) is 4.34. The molecule has 0 spiro atoms. The topological polar surface area (TPSA) is 68.9 Å². The number of nitrogens with zero attached hydrogens (tertiary/aromatic N) is 3. The van der Waals surface area contributed by atoms with E-state index in [9.17, 15) is 9.59 Å². The number of aromatic nitrogens is 3. The molecule has 6 heteroatoms. The first kappa shape index (κ1) is 17.7. The minimum Gasteiger partial charge on any atom is -0.348 e. The first-order chi connectivity index (χ1) is 12.5. The van der Waals surface area contributed by atoms with Crippen molar-refractivity contribution in [3.05, 3.63) is 82.0 Å². The standard InChI is InChI=1S/C20H22N4O2/c1-14-9-10-15(2)18(11-14)24-13-21-20(26)23(24)12-19(25)22-16(3)17-7-5-4-6-8-17/h4-11,13,16H,12H2,1-3H3,(H,22,25)/t16-/m0/s1. The molecule has 0 saturated carbocycles. The third kappa shape index (κ3) is 3.74. The molecule has 134 valence electrons. The van der Waals surface area contributed by atoms with Crippen molar-refractivity contribution < 1.29 is 4.79 Å². The summed E-state index contributed by atoms with van der Waals surface area (Å²) in [7, 11) is 0. The molecule has 6 nitrogen and oxygen atoms in total. The zero-order valence-corrected chi connectivity index (χ0v) is 15.1. The van der Waals surface area contributed by atoms with Gasteiger partial charge in [-0.05, 0) is 43.5 Å². The third-order valence-electron chi connectivity index (χ3n) is 4.34. The molecule has 1 amide bonds. The van der Waals surface area contributed by atoms with Crippen molar-refractivity contribution in [2.24, 2.45) is 0 Å². The Hall–Kier alpha value is -3.15. The largest absolute Gasteiger partial charge is 0.364 e. The van der Waals surface area contributed by atoms with Crippen LogP contribution in [0, 0.1) is 13.8 Å². The molecule has 0 aliphatic heterocycles. The monoisotopic (exact) mass is 350 g/mol. The van der Waals surface area contributed by atoms with Gasteiger partial charge in [-0.25, -0.2) is 14.2 Å². The summed E-state index contributed by atoms with van der Waals surface area (Å²) in [5.41, 5.74) is 3.47. The maximum atomic E-state index is 12.5. The van der Waals surface area contributed by atoms with Crippen molar-refractivity contribution in [2.75, 3.05) is 0 Å². The molecule has 0 saturated heterocycles. The Morgan fingerprint density at radius 3 is 2.62 bits per heavy atom. The van der Waals surface area contributed by atoms with Crippen molar-refractivity contribution in [3.8, 4) is 5.69 Å². The molecule has 0 aliphatic rings. The van der Waals surface area contributed by atoms with Crippen molar-refractivity contribution in [3.63, 3.8) is 0 Å². The van der Waals surface area contributed by atoms with E-state index in [1.165, 1.54) is 11.0 Å². The Kier molecular flexibility index (Phi) is 5.02. The predicted octanol–water partition coefficient (Wildman–Crippen LogP) is 2.53. The molecule has 0 aliphatic carbocycles. The highest BCUT2D eigenvalue weighted by molar-refractivity contribution is 5.76. The number of carbonyl (C=O) groups excluding carboxylic acids is 1. The number of hydrogen-bond donors (Lipinski definition) is 1. The summed E-state index contributed by atoms with van der Waals surface area (Å²) >= 11 is 0. The fraction of sp³-hybridized carbons (Fsp3) is 0.250. The van der Waals surface area contributed by atoms with Crippen molar-refractivity contribution in [2.45, 2.75) is 33.4 Å². The van der Waals surface area contributed by atoms with Crippen LogP contribution in [0.2, 0.25) is 0 Å². The highest BCUT2D eigenvalue weighted by atomic mass is 16.2. The minimum atomic E-state index is -0.451. The zero-order chi connectivity index (χ0) is 18.7. The normalized spacial score (nSPS) is 12.0. The highest BCUT2D eigenvalue weighted by Gasteiger charge is 2.15. The second-order valence-corrected chi connectivity index (χ2v) is 6.42. The van der Waals surface area contributed by atoms with E-state index in [0.29, 0.717) is 0 Å². The van der Waals surface area contributed by atoms with Gasteiger partial charge in [0.1, 0.15) is 12.9 Å². The minimum absolute atomic E-state index is 0.0939. The molecular formula is C20H22N4O2. The summed E-state index contributed by atoms with van der Waals surface area (Å²) in [6, 6.07) is 15.5. The first-order valence-corrected chi connectivity index (χ1v) is 8.52. The van der Waals surface area contributed by atoms with Crippen LogP contribution >= 0.6 is 0 Å². The van der Waals surface area contributed by atoms with Crippen molar-refractivity contribution in [1.29, 1.82) is 0 Å². The van der Waals surface area contributed by atoms with Gasteiger partial charge in [0.25, 0.3) is 0 Å². The van der Waals surface area contributed by atoms with E-state index in [1.807, 2.05) is 69.3 Å². The lowest BCUT2D eigenvalue weighted by atomic mass is 10.1. The predicted molar refractivity (Wildman–Crippen MR) is 100 cm³/mol. The maximum absolute atomic E-state index is 12.5. The fourth-order valence-corrected chi connectivity index (χ4v) is 2.88. The molecule has 3 rings (SSSR count). The quantitative estimate of drug-likeness (QED) is 0.769. The summed E-state index contributed by atoms with van der Waals surface area (Å²) in [5, 5.41) is 2.93. The first-order valence-electron chi connectivity index (χ1n) is 8.52. The van der Waals surface area contributed by atoms with Crippen LogP contribution in [0.15, 0.2) is 59.7 Å². The van der Waals surface area contributed by atoms with Crippen LogP contribution < -0.4 is 11.0 Å². The van der Waals surface area contributed by atoms with E-state index in [1.54, 1.807) is 4.68 Å². The van der Waals surface area contributed by atoms with Gasteiger partial charge >= 0.3 is 5.69 Å². The Bertz CT molecular complexity index is 973. The molecule has 1 N–H and O–H groups in total. The number of nitrogens with one attached hydrogen (secondary N) is 1. The van der Waals surface area contributed by atoms with Gasteiger partial charge in [0.15, 0.2) is 0 Å². The van der Waals surface area contributed by atoms with E-state index in [4.69, 9.17) is 0 Å². The van der Waals surface area contributed by atoms with E-state index in [0.717, 1.165) is 22.4 Å². The van der Waals surface area contributed by atoms with Crippen LogP contribution in [-0.4, -0.2) is 20.3 Å². The Balaban J connectivity index is 1.82. The summed E-state index contributed by atoms with van der Waals surface area (Å²) in [6.45, 7) is 5.76. The van der Waals surface area contributed by atoms with Crippen LogP contribution in [-0.2, 0) is 11.3 Å². The number of amides is 1. The number of aryl methyl sites for hydroxylation is 2. The number of rotatable bonds is 5. The molecule has 26 heavy (non-hydrogen) atoms. The lowest BCUT2D eigenvalue weighted by Crippen LogP contribution is -2.35. The average molecular weight is 350 g/mol. The van der Waals surface area contributed by atoms with Gasteiger partial charge in [0.05, 0.1) is 11.7 Å². The molecule has 1 aromatic heterocycles. The van der Waals surface area contributed by atoms with Crippen molar-refractivity contribution in [1.82, 2.24) is 19.7 Å². The summed E-state index contributed by atoms with van der Waals surface area (Å²) in [5.74, 6) is -0.240. The van der Waals surface area contributed by atoms with E-state index >= 15 is 0 Å². The molecule has 0 radical (unpaired) electrons. The smallest absolute Gasteiger partial charge is 0.348 e. The SMILES string of the molecule is Cc1ccc(C)c(-n2cnc(=O)n2CC(=O)N[C@@H](C)c2ccccc2)c1. The Morgan fingerprint density at radius 2 is 1.88 bits per heavy atom. The van der Waals surface area contributed by atoms with E-state index < -0.39 is 5.69 Å². The maximum Gasteiger partial charge on any atom is 0.364 e. The van der Waals surface area contributed by atoms with Gasteiger partial charge < -0.3 is 5.32 Å². The molecule has 0 unspecified atom stereocenters. The number of hydrogen-bond acceptors (Lipinski definition) is 3. The van der Waals surface area contributed by atoms with Crippen LogP contribution in [0.5, 0.6) is 0 Å². The highest BCUT2D eigenvalue weighted by Crippen LogP contribution is 2.15. The van der Waals surface area contributed by atoms with Crippen LogP contribution in [0.3, 0.4) is 0 Å². The molecule has 1 atom stereocenters. The van der Waals surface area contributed by atoms with Gasteiger partial charge in [0.2, 0.25) is 5.91 Å².